The summed E-state index contributed by atoms with van der Waals surface area (Å²) in [6.45, 7) is 12.9. The molecule has 3 nitrogen and oxygen atoms in total. The molecule has 0 spiro atoms. The van der Waals surface area contributed by atoms with E-state index in [0.29, 0.717) is 5.92 Å². The molecule has 1 rings (SSSR count). The lowest BCUT2D eigenvalue weighted by Crippen LogP contribution is -2.45. The van der Waals surface area contributed by atoms with Crippen LogP contribution < -0.4 is 0 Å². The Morgan fingerprint density at radius 1 is 1.40 bits per heavy atom. The van der Waals surface area contributed by atoms with Gasteiger partial charge in [-0.15, -0.1) is 0 Å². The Morgan fingerprint density at radius 3 is 2.27 bits per heavy atom. The number of hydrogen-bond donors (Lipinski definition) is 0. The third-order valence-electron chi connectivity index (χ3n) is 2.69. The van der Waals surface area contributed by atoms with Crippen molar-refractivity contribution in [1.29, 1.82) is 0 Å². The van der Waals surface area contributed by atoms with Crippen LogP contribution in [0.25, 0.3) is 0 Å². The molecule has 0 bridgehead atoms. The fourth-order valence-corrected chi connectivity index (χ4v) is 2.22. The lowest BCUT2D eigenvalue weighted by Gasteiger charge is -2.33. The molecule has 1 atom stereocenters. The van der Waals surface area contributed by atoms with Crippen LogP contribution in [-0.2, 0) is 4.74 Å². The van der Waals surface area contributed by atoms with Gasteiger partial charge in [-0.2, -0.15) is 0 Å². The fraction of sp³-hybridized carbons (Fsp3) is 0.917. The second-order valence-corrected chi connectivity index (χ2v) is 6.21. The van der Waals surface area contributed by atoms with Gasteiger partial charge in [0.1, 0.15) is 5.60 Å². The van der Waals surface area contributed by atoms with Crippen LogP contribution in [0.5, 0.6) is 0 Å². The zero-order chi connectivity index (χ0) is 11.9. The van der Waals surface area contributed by atoms with Crippen molar-refractivity contribution in [2.45, 2.75) is 59.1 Å². The Balaban J connectivity index is 2.68. The molecule has 0 aromatic heterocycles. The van der Waals surface area contributed by atoms with Crippen molar-refractivity contribution in [2.24, 2.45) is 5.92 Å². The number of likely N-dealkylation sites (tertiary alicyclic amines) is 1. The van der Waals surface area contributed by atoms with Crippen molar-refractivity contribution in [2.75, 3.05) is 6.54 Å². The maximum Gasteiger partial charge on any atom is 0.410 e. The Labute approximate surface area is 92.8 Å². The quantitative estimate of drug-likeness (QED) is 0.619. The fourth-order valence-electron chi connectivity index (χ4n) is 2.22. The van der Waals surface area contributed by atoms with Crippen LogP contribution in [0, 0.1) is 5.92 Å². The van der Waals surface area contributed by atoms with Crippen LogP contribution in [0.1, 0.15) is 48.0 Å². The lowest BCUT2D eigenvalue weighted by molar-refractivity contribution is 0.0131. The maximum absolute atomic E-state index is 11.9. The summed E-state index contributed by atoms with van der Waals surface area (Å²) in [5.74, 6) is 0.563. The van der Waals surface area contributed by atoms with Crippen molar-refractivity contribution in [3.05, 3.63) is 0 Å². The van der Waals surface area contributed by atoms with Crippen LogP contribution in [0.2, 0.25) is 0 Å². The largest absolute Gasteiger partial charge is 0.444 e. The molecule has 88 valence electrons. The number of rotatable bonds is 0. The summed E-state index contributed by atoms with van der Waals surface area (Å²) in [4.78, 5) is 13.8. The van der Waals surface area contributed by atoms with Gasteiger partial charge in [-0.1, -0.05) is 6.92 Å². The van der Waals surface area contributed by atoms with E-state index in [0.717, 1.165) is 13.0 Å². The summed E-state index contributed by atoms with van der Waals surface area (Å²) < 4.78 is 5.39. The first-order valence-corrected chi connectivity index (χ1v) is 5.62. The Kier molecular flexibility index (Phi) is 3.04. The van der Waals surface area contributed by atoms with Gasteiger partial charge in [0.05, 0.1) is 0 Å². The second kappa shape index (κ2) is 3.69. The molecule has 0 aromatic rings. The third-order valence-corrected chi connectivity index (χ3v) is 2.69. The maximum atomic E-state index is 11.9. The molecular weight excluding hydrogens is 190 g/mol. The first-order valence-electron chi connectivity index (χ1n) is 5.62. The van der Waals surface area contributed by atoms with E-state index < -0.39 is 5.60 Å². The highest BCUT2D eigenvalue weighted by atomic mass is 16.6. The summed E-state index contributed by atoms with van der Waals surface area (Å²) >= 11 is 0. The van der Waals surface area contributed by atoms with Gasteiger partial charge in [-0.25, -0.2) is 4.79 Å². The van der Waals surface area contributed by atoms with Gasteiger partial charge in [0.2, 0.25) is 0 Å². The van der Waals surface area contributed by atoms with E-state index in [2.05, 4.69) is 20.8 Å². The highest BCUT2D eigenvalue weighted by Gasteiger charge is 2.41. The first kappa shape index (κ1) is 12.3. The van der Waals surface area contributed by atoms with Gasteiger partial charge in [0.15, 0.2) is 0 Å². The van der Waals surface area contributed by atoms with E-state index in [4.69, 9.17) is 4.74 Å². The van der Waals surface area contributed by atoms with Crippen LogP contribution in [0.3, 0.4) is 0 Å². The smallest absolute Gasteiger partial charge is 0.410 e. The number of carbonyl (C=O) groups is 1. The van der Waals surface area contributed by atoms with Crippen LogP contribution in [-0.4, -0.2) is 28.7 Å². The number of carbonyl (C=O) groups excluding carboxylic acids is 1. The zero-order valence-electron chi connectivity index (χ0n) is 10.8. The predicted octanol–water partition coefficient (Wildman–Crippen LogP) is 3.04. The Morgan fingerprint density at radius 2 is 1.93 bits per heavy atom. The minimum absolute atomic E-state index is 0.0677. The average Bonchev–Trinajstić information content (AvgIpc) is 2.20. The van der Waals surface area contributed by atoms with Gasteiger partial charge in [0, 0.05) is 12.1 Å². The van der Waals surface area contributed by atoms with E-state index in [-0.39, 0.29) is 11.6 Å². The molecule has 1 saturated heterocycles. The summed E-state index contributed by atoms with van der Waals surface area (Å²) in [7, 11) is 0. The van der Waals surface area contributed by atoms with E-state index >= 15 is 0 Å². The normalized spacial score (nSPS) is 25.5. The number of amides is 1. The molecule has 1 fully saturated rings. The molecule has 0 unspecified atom stereocenters. The van der Waals surface area contributed by atoms with Crippen molar-refractivity contribution in [3.8, 4) is 0 Å². The topological polar surface area (TPSA) is 29.5 Å². The van der Waals surface area contributed by atoms with Crippen molar-refractivity contribution < 1.29 is 9.53 Å². The van der Waals surface area contributed by atoms with E-state index in [1.54, 1.807) is 0 Å². The van der Waals surface area contributed by atoms with E-state index in [1.807, 2.05) is 25.7 Å². The molecule has 15 heavy (non-hydrogen) atoms. The zero-order valence-corrected chi connectivity index (χ0v) is 10.8. The van der Waals surface area contributed by atoms with Gasteiger partial charge >= 0.3 is 6.09 Å². The minimum Gasteiger partial charge on any atom is -0.444 e. The standard InChI is InChI=1S/C12H23NO2/c1-9-7-12(5,6)13(8-9)10(14)15-11(2,3)4/h9H,7-8H2,1-6H3/t9-/m0/s1. The van der Waals surface area contributed by atoms with Crippen LogP contribution in [0.4, 0.5) is 4.79 Å². The summed E-state index contributed by atoms with van der Waals surface area (Å²) in [5, 5.41) is 0. The summed E-state index contributed by atoms with van der Waals surface area (Å²) in [6.07, 6.45) is 0.864. The molecule has 0 N–H and O–H groups in total. The second-order valence-electron chi connectivity index (χ2n) is 6.21. The van der Waals surface area contributed by atoms with Gasteiger partial charge in [0.25, 0.3) is 0 Å². The molecule has 1 aliphatic heterocycles. The van der Waals surface area contributed by atoms with E-state index in [1.165, 1.54) is 0 Å². The third kappa shape index (κ3) is 3.11. The number of hydrogen-bond acceptors (Lipinski definition) is 2. The first-order chi connectivity index (χ1) is 6.62. The van der Waals surface area contributed by atoms with E-state index in [9.17, 15) is 4.79 Å². The van der Waals surface area contributed by atoms with Gasteiger partial charge < -0.3 is 9.64 Å². The highest BCUT2D eigenvalue weighted by molar-refractivity contribution is 5.69. The minimum atomic E-state index is -0.404. The van der Waals surface area contributed by atoms with Crippen LogP contribution >= 0.6 is 0 Å². The van der Waals surface area contributed by atoms with Crippen LogP contribution in [0.15, 0.2) is 0 Å². The van der Waals surface area contributed by atoms with Gasteiger partial charge in [-0.3, -0.25) is 0 Å². The molecule has 1 aliphatic rings. The lowest BCUT2D eigenvalue weighted by atomic mass is 9.98. The van der Waals surface area contributed by atoms with Crippen molar-refractivity contribution in [3.63, 3.8) is 0 Å². The molecule has 0 aliphatic carbocycles. The van der Waals surface area contributed by atoms with Crippen molar-refractivity contribution >= 4 is 6.09 Å². The SMILES string of the molecule is C[C@@H]1CN(C(=O)OC(C)(C)C)C(C)(C)C1. The number of nitrogens with zero attached hydrogens (tertiary/aromatic N) is 1. The molecular formula is C12H23NO2. The van der Waals surface area contributed by atoms with Gasteiger partial charge in [-0.05, 0) is 47.0 Å². The monoisotopic (exact) mass is 213 g/mol. The highest BCUT2D eigenvalue weighted by Crippen LogP contribution is 2.33. The van der Waals surface area contributed by atoms with Crippen molar-refractivity contribution in [1.82, 2.24) is 4.90 Å². The predicted molar refractivity (Wildman–Crippen MR) is 60.8 cm³/mol. The molecule has 1 amide bonds. The number of ether oxygens (including phenoxy) is 1. The molecule has 3 heteroatoms. The molecule has 0 aromatic carbocycles. The summed E-state index contributed by atoms with van der Waals surface area (Å²) in [6, 6.07) is 0. The molecule has 0 radical (unpaired) electrons. The molecule has 1 heterocycles. The molecule has 0 saturated carbocycles. The average molecular weight is 213 g/mol. The Bertz CT molecular complexity index is 253. The summed E-state index contributed by atoms with van der Waals surface area (Å²) in [5.41, 5.74) is -0.471. The Hall–Kier alpha value is -0.730.